The van der Waals surface area contributed by atoms with Crippen LogP contribution in [0.15, 0.2) is 47.6 Å². The van der Waals surface area contributed by atoms with Crippen molar-refractivity contribution in [3.8, 4) is 0 Å². The molecule has 0 radical (unpaired) electrons. The molecule has 0 unspecified atom stereocenters. The number of ether oxygens (including phenoxy) is 3. The van der Waals surface area contributed by atoms with Crippen molar-refractivity contribution < 1.29 is 19.0 Å². The highest BCUT2D eigenvalue weighted by Gasteiger charge is 2.51. The number of thioether (sulfide) groups is 1. The first-order valence-electron chi connectivity index (χ1n) is 11.4. The fourth-order valence-corrected chi connectivity index (χ4v) is 6.22. The summed E-state index contributed by atoms with van der Waals surface area (Å²) in [7, 11) is 0. The van der Waals surface area contributed by atoms with Gasteiger partial charge >= 0.3 is 6.09 Å². The van der Waals surface area contributed by atoms with Gasteiger partial charge in [-0.05, 0) is 34.7 Å². The molecule has 1 N–H and O–H groups in total. The van der Waals surface area contributed by atoms with Gasteiger partial charge in [-0.2, -0.15) is 0 Å². The lowest BCUT2D eigenvalue weighted by Crippen LogP contribution is -2.35. The Morgan fingerprint density at radius 3 is 2.79 bits per heavy atom. The zero-order valence-corrected chi connectivity index (χ0v) is 18.8. The minimum Gasteiger partial charge on any atom is -0.441 e. The summed E-state index contributed by atoms with van der Waals surface area (Å²) >= 11 is 1.74. The second-order valence-electron chi connectivity index (χ2n) is 8.69. The molecular formula is C23H25N5O4S. The Morgan fingerprint density at radius 2 is 1.88 bits per heavy atom. The first-order valence-corrected chi connectivity index (χ1v) is 12.3. The monoisotopic (exact) mass is 467 g/mol. The van der Waals surface area contributed by atoms with Crippen LogP contribution >= 0.6 is 11.8 Å². The van der Waals surface area contributed by atoms with Crippen molar-refractivity contribution >= 4 is 34.3 Å². The fraction of sp³-hybridized carbons (Fsp3) is 0.478. The molecule has 3 fully saturated rings. The van der Waals surface area contributed by atoms with Gasteiger partial charge in [0.25, 0.3) is 0 Å². The smallest absolute Gasteiger partial charge is 0.412 e. The van der Waals surface area contributed by atoms with E-state index >= 15 is 0 Å². The van der Waals surface area contributed by atoms with Gasteiger partial charge in [0.2, 0.25) is 5.16 Å². The molecule has 3 aromatic rings. The Kier molecular flexibility index (Phi) is 5.65. The van der Waals surface area contributed by atoms with Crippen molar-refractivity contribution in [2.45, 2.75) is 60.4 Å². The number of amides is 1. The number of carbonyl (C=O) groups excluding carboxylic acids is 1. The third kappa shape index (κ3) is 4.07. The Morgan fingerprint density at radius 1 is 1.06 bits per heavy atom. The summed E-state index contributed by atoms with van der Waals surface area (Å²) in [5.41, 5.74) is 0.709. The summed E-state index contributed by atoms with van der Waals surface area (Å²) in [4.78, 5) is 12.7. The predicted molar refractivity (Wildman–Crippen MR) is 122 cm³/mol. The molecule has 2 aromatic carbocycles. The highest BCUT2D eigenvalue weighted by molar-refractivity contribution is 7.99. The summed E-state index contributed by atoms with van der Waals surface area (Å²) in [6, 6.07) is 13.5. The highest BCUT2D eigenvalue weighted by Crippen LogP contribution is 2.39. The van der Waals surface area contributed by atoms with Crippen molar-refractivity contribution in [3.63, 3.8) is 0 Å². The molecule has 1 aromatic heterocycles. The van der Waals surface area contributed by atoms with Crippen molar-refractivity contribution in [2.75, 3.05) is 18.5 Å². The number of anilines is 1. The van der Waals surface area contributed by atoms with Gasteiger partial charge in [-0.3, -0.25) is 5.32 Å². The maximum absolute atomic E-state index is 12.7. The van der Waals surface area contributed by atoms with Gasteiger partial charge in [0, 0.05) is 10.6 Å². The lowest BCUT2D eigenvalue weighted by Gasteiger charge is -2.18. The SMILES string of the molecule is O=C(Nc1cccc2ccccc12)O[C@H]1CO[C@@H]2[C@@H]1OC[C@@H]2n1nnnc1SC1CCCC1. The molecular weight excluding hydrogens is 442 g/mol. The quantitative estimate of drug-likeness (QED) is 0.605. The predicted octanol–water partition coefficient (Wildman–Crippen LogP) is 3.82. The van der Waals surface area contributed by atoms with E-state index in [1.54, 1.807) is 11.8 Å². The molecule has 6 rings (SSSR count). The molecule has 3 heterocycles. The van der Waals surface area contributed by atoms with Crippen LogP contribution in [0.5, 0.6) is 0 Å². The number of fused-ring (bicyclic) bond motifs is 2. The number of rotatable bonds is 5. The lowest BCUT2D eigenvalue weighted by atomic mass is 10.1. The van der Waals surface area contributed by atoms with Crippen LogP contribution in [0.1, 0.15) is 31.7 Å². The van der Waals surface area contributed by atoms with Crippen LogP contribution < -0.4 is 5.32 Å². The summed E-state index contributed by atoms with van der Waals surface area (Å²) in [6.07, 6.45) is 3.31. The molecule has 172 valence electrons. The van der Waals surface area contributed by atoms with Crippen LogP contribution in [0.2, 0.25) is 0 Å². The largest absolute Gasteiger partial charge is 0.441 e. The molecule has 1 aliphatic carbocycles. The van der Waals surface area contributed by atoms with Gasteiger partial charge < -0.3 is 14.2 Å². The van der Waals surface area contributed by atoms with Crippen molar-refractivity contribution in [1.29, 1.82) is 0 Å². The summed E-state index contributed by atoms with van der Waals surface area (Å²) in [6.45, 7) is 0.700. The van der Waals surface area contributed by atoms with Crippen molar-refractivity contribution in [2.24, 2.45) is 0 Å². The minimum atomic E-state index is -0.521. The van der Waals surface area contributed by atoms with Crippen molar-refractivity contribution in [1.82, 2.24) is 20.2 Å². The molecule has 10 heteroatoms. The van der Waals surface area contributed by atoms with E-state index < -0.39 is 12.2 Å². The van der Waals surface area contributed by atoms with Gasteiger partial charge in [0.1, 0.15) is 18.2 Å². The second-order valence-corrected chi connectivity index (χ2v) is 9.96. The van der Waals surface area contributed by atoms with Gasteiger partial charge in [-0.15, -0.1) is 5.10 Å². The van der Waals surface area contributed by atoms with Gasteiger partial charge in [0.15, 0.2) is 6.10 Å². The van der Waals surface area contributed by atoms with Crippen LogP contribution in [-0.4, -0.2) is 63.1 Å². The summed E-state index contributed by atoms with van der Waals surface area (Å²) in [5, 5.41) is 18.6. The van der Waals surface area contributed by atoms with Crippen LogP contribution in [-0.2, 0) is 14.2 Å². The number of tetrazole rings is 1. The Balaban J connectivity index is 1.11. The standard InChI is InChI=1S/C23H25N5O4S/c29-23(24-17-11-5-7-14-6-1-4-10-16(14)17)32-19-13-31-20-18(12-30-21(19)20)28-22(25-26-27-28)33-15-8-2-3-9-15/h1,4-7,10-11,15,18-21H,2-3,8-9,12-13H2,(H,24,29)/t18-,19-,20-,21+/m0/s1. The van der Waals surface area contributed by atoms with Crippen molar-refractivity contribution in [3.05, 3.63) is 42.5 Å². The first-order chi connectivity index (χ1) is 16.3. The third-order valence-corrected chi connectivity index (χ3v) is 7.90. The summed E-state index contributed by atoms with van der Waals surface area (Å²) in [5.74, 6) is 0. The molecule has 9 nitrogen and oxygen atoms in total. The molecule has 33 heavy (non-hydrogen) atoms. The molecule has 3 aliphatic rings. The zero-order chi connectivity index (χ0) is 22.2. The van der Waals surface area contributed by atoms with E-state index in [4.69, 9.17) is 14.2 Å². The lowest BCUT2D eigenvalue weighted by molar-refractivity contribution is 0.00752. The average molecular weight is 468 g/mol. The fourth-order valence-electron chi connectivity index (χ4n) is 4.99. The van der Waals surface area contributed by atoms with Crippen LogP contribution in [0.3, 0.4) is 0 Å². The molecule has 0 bridgehead atoms. The molecule has 2 saturated heterocycles. The third-order valence-electron chi connectivity index (χ3n) is 6.62. The zero-order valence-electron chi connectivity index (χ0n) is 18.0. The highest BCUT2D eigenvalue weighted by atomic mass is 32.2. The van der Waals surface area contributed by atoms with Gasteiger partial charge in [0.05, 0.1) is 18.9 Å². The minimum absolute atomic E-state index is 0.136. The normalized spacial score (nSPS) is 27.2. The summed E-state index contributed by atoms with van der Waals surface area (Å²) < 4.78 is 19.6. The van der Waals surface area contributed by atoms with Gasteiger partial charge in [-0.1, -0.05) is 61.0 Å². The van der Waals surface area contributed by atoms with E-state index in [0.29, 0.717) is 17.5 Å². The number of nitrogens with one attached hydrogen (secondary N) is 1. The molecule has 0 spiro atoms. The van der Waals surface area contributed by atoms with Crippen LogP contribution in [0.25, 0.3) is 10.8 Å². The number of nitrogens with zero attached hydrogens (tertiary/aromatic N) is 4. The number of carbonyl (C=O) groups is 1. The Hall–Kier alpha value is -2.69. The molecule has 2 aliphatic heterocycles. The molecule has 4 atom stereocenters. The number of aromatic nitrogens is 4. The van der Waals surface area contributed by atoms with Crippen LogP contribution in [0, 0.1) is 0 Å². The first kappa shape index (κ1) is 20.9. The van der Waals surface area contributed by atoms with E-state index in [9.17, 15) is 4.79 Å². The van der Waals surface area contributed by atoms with E-state index in [-0.39, 0.29) is 24.9 Å². The van der Waals surface area contributed by atoms with E-state index in [1.165, 1.54) is 25.7 Å². The van der Waals surface area contributed by atoms with Gasteiger partial charge in [-0.25, -0.2) is 9.48 Å². The van der Waals surface area contributed by atoms with E-state index in [0.717, 1.165) is 15.9 Å². The topological polar surface area (TPSA) is 100 Å². The number of benzene rings is 2. The maximum Gasteiger partial charge on any atom is 0.412 e. The number of hydrogen-bond donors (Lipinski definition) is 1. The van der Waals surface area contributed by atoms with Crippen LogP contribution in [0.4, 0.5) is 10.5 Å². The second kappa shape index (κ2) is 8.92. The van der Waals surface area contributed by atoms with E-state index in [1.807, 2.05) is 47.1 Å². The molecule has 1 amide bonds. The average Bonchev–Trinajstić information content (AvgIpc) is 3.61. The number of hydrogen-bond acceptors (Lipinski definition) is 8. The maximum atomic E-state index is 12.7. The Labute approximate surface area is 195 Å². The Bertz CT molecular complexity index is 1150. The van der Waals surface area contributed by atoms with E-state index in [2.05, 4.69) is 20.8 Å². The molecule has 1 saturated carbocycles.